The molecular formula is C19H26N3P. The Balaban J connectivity index is 2.37. The quantitative estimate of drug-likeness (QED) is 0.570. The lowest BCUT2D eigenvalue weighted by Gasteiger charge is -2.17. The second-order valence-electron chi connectivity index (χ2n) is 5.73. The highest BCUT2D eigenvalue weighted by Gasteiger charge is 2.09. The SMILES string of the molecule is CCC(C)=C(NC)c1ccc(Nc2c(C)cccc2P)cc1N. The lowest BCUT2D eigenvalue weighted by atomic mass is 10.0. The number of aryl methyl sites for hydroxylation is 1. The van der Waals surface area contributed by atoms with Crippen molar-refractivity contribution < 1.29 is 0 Å². The first-order chi connectivity index (χ1) is 11.0. The maximum Gasteiger partial charge on any atom is 0.0486 e. The standard InChI is InChI=1S/C19H26N3P/c1-5-12(2)18(21-4)15-10-9-14(11-16(15)20)22-19-13(3)7-6-8-17(19)23/h6-11,21-22H,5,20,23H2,1-4H3. The molecule has 23 heavy (non-hydrogen) atoms. The van der Waals surface area contributed by atoms with E-state index in [1.54, 1.807) is 0 Å². The molecule has 4 heteroatoms. The van der Waals surface area contributed by atoms with Gasteiger partial charge in [-0.1, -0.05) is 25.1 Å². The fourth-order valence-electron chi connectivity index (χ4n) is 2.63. The second-order valence-corrected chi connectivity index (χ2v) is 6.35. The van der Waals surface area contributed by atoms with Crippen molar-refractivity contribution in [2.75, 3.05) is 18.1 Å². The molecule has 2 aromatic carbocycles. The molecule has 1 unspecified atom stereocenters. The Morgan fingerprint density at radius 3 is 2.52 bits per heavy atom. The fourth-order valence-corrected chi connectivity index (χ4v) is 3.04. The molecule has 0 aliphatic rings. The number of hydrogen-bond acceptors (Lipinski definition) is 3. The van der Waals surface area contributed by atoms with Crippen LogP contribution in [-0.2, 0) is 0 Å². The number of benzene rings is 2. The van der Waals surface area contributed by atoms with Gasteiger partial charge in [-0.05, 0) is 54.9 Å². The summed E-state index contributed by atoms with van der Waals surface area (Å²) >= 11 is 0. The van der Waals surface area contributed by atoms with E-state index in [1.807, 2.05) is 13.1 Å². The molecule has 0 bridgehead atoms. The lowest BCUT2D eigenvalue weighted by molar-refractivity contribution is 1.03. The monoisotopic (exact) mass is 327 g/mol. The summed E-state index contributed by atoms with van der Waals surface area (Å²) in [4.78, 5) is 0. The molecule has 0 aliphatic carbocycles. The molecule has 0 aliphatic heterocycles. The van der Waals surface area contributed by atoms with Crippen LogP contribution in [-0.4, -0.2) is 7.05 Å². The Kier molecular flexibility index (Phi) is 5.68. The number of anilines is 3. The van der Waals surface area contributed by atoms with E-state index in [0.29, 0.717) is 0 Å². The minimum atomic E-state index is 0.769. The van der Waals surface area contributed by atoms with E-state index in [0.717, 1.165) is 40.0 Å². The average Bonchev–Trinajstić information content (AvgIpc) is 2.53. The maximum atomic E-state index is 6.30. The third kappa shape index (κ3) is 3.86. The Bertz CT molecular complexity index is 715. The van der Waals surface area contributed by atoms with Gasteiger partial charge in [0.2, 0.25) is 0 Å². The third-order valence-electron chi connectivity index (χ3n) is 4.10. The highest BCUT2D eigenvalue weighted by Crippen LogP contribution is 2.28. The van der Waals surface area contributed by atoms with Crippen LogP contribution in [0.3, 0.4) is 0 Å². The molecule has 0 aromatic heterocycles. The van der Waals surface area contributed by atoms with Crippen LogP contribution in [0, 0.1) is 6.92 Å². The molecule has 0 amide bonds. The summed E-state index contributed by atoms with van der Waals surface area (Å²) in [6.07, 6.45) is 0.995. The number of para-hydroxylation sites is 1. The zero-order valence-corrected chi connectivity index (χ0v) is 15.5. The van der Waals surface area contributed by atoms with Crippen LogP contribution >= 0.6 is 9.24 Å². The molecule has 0 spiro atoms. The third-order valence-corrected chi connectivity index (χ3v) is 4.58. The number of allylic oxidation sites excluding steroid dienone is 1. The first-order valence-electron chi connectivity index (χ1n) is 7.87. The highest BCUT2D eigenvalue weighted by molar-refractivity contribution is 7.28. The molecule has 1 atom stereocenters. The summed E-state index contributed by atoms with van der Waals surface area (Å²) in [5, 5.41) is 7.89. The summed E-state index contributed by atoms with van der Waals surface area (Å²) in [5.41, 5.74) is 13.8. The van der Waals surface area contributed by atoms with E-state index >= 15 is 0 Å². The van der Waals surface area contributed by atoms with Crippen LogP contribution in [0.15, 0.2) is 42.0 Å². The summed E-state index contributed by atoms with van der Waals surface area (Å²) in [5.74, 6) is 0. The molecule has 4 N–H and O–H groups in total. The Morgan fingerprint density at radius 1 is 1.22 bits per heavy atom. The van der Waals surface area contributed by atoms with Crippen molar-refractivity contribution in [1.82, 2.24) is 5.32 Å². The summed E-state index contributed by atoms with van der Waals surface area (Å²) in [6, 6.07) is 12.4. The van der Waals surface area contributed by atoms with Crippen LogP contribution in [0.4, 0.5) is 17.1 Å². The molecule has 3 nitrogen and oxygen atoms in total. The zero-order valence-electron chi connectivity index (χ0n) is 14.3. The Labute approximate surface area is 141 Å². The minimum Gasteiger partial charge on any atom is -0.398 e. The van der Waals surface area contributed by atoms with Crippen LogP contribution in [0.2, 0.25) is 0 Å². The van der Waals surface area contributed by atoms with Gasteiger partial charge in [-0.3, -0.25) is 0 Å². The van der Waals surface area contributed by atoms with Crippen LogP contribution in [0.1, 0.15) is 31.4 Å². The summed E-state index contributed by atoms with van der Waals surface area (Å²) in [7, 11) is 4.71. The lowest BCUT2D eigenvalue weighted by Crippen LogP contribution is -2.10. The van der Waals surface area contributed by atoms with E-state index in [-0.39, 0.29) is 0 Å². The molecule has 0 saturated heterocycles. The van der Waals surface area contributed by atoms with E-state index in [2.05, 4.69) is 71.0 Å². The summed E-state index contributed by atoms with van der Waals surface area (Å²) in [6.45, 7) is 6.38. The topological polar surface area (TPSA) is 50.1 Å². The van der Waals surface area contributed by atoms with Crippen LogP contribution in [0.25, 0.3) is 5.70 Å². The van der Waals surface area contributed by atoms with Gasteiger partial charge in [0.25, 0.3) is 0 Å². The van der Waals surface area contributed by atoms with Gasteiger partial charge < -0.3 is 16.4 Å². The zero-order chi connectivity index (χ0) is 17.0. The Hall–Kier alpha value is -1.99. The molecule has 0 fully saturated rings. The largest absolute Gasteiger partial charge is 0.398 e. The molecule has 2 rings (SSSR count). The number of nitrogens with two attached hydrogens (primary N) is 1. The predicted octanol–water partition coefficient (Wildman–Crippen LogP) is 4.18. The van der Waals surface area contributed by atoms with Crippen molar-refractivity contribution in [2.24, 2.45) is 0 Å². The normalized spacial score (nSPS) is 11.9. The van der Waals surface area contributed by atoms with Gasteiger partial charge in [-0.15, -0.1) is 9.24 Å². The van der Waals surface area contributed by atoms with Crippen molar-refractivity contribution in [3.63, 3.8) is 0 Å². The van der Waals surface area contributed by atoms with Gasteiger partial charge in [0.15, 0.2) is 0 Å². The van der Waals surface area contributed by atoms with Crippen LogP contribution < -0.4 is 21.7 Å². The maximum absolute atomic E-state index is 6.30. The van der Waals surface area contributed by atoms with Gasteiger partial charge in [0.05, 0.1) is 0 Å². The van der Waals surface area contributed by atoms with E-state index in [1.165, 1.54) is 11.1 Å². The van der Waals surface area contributed by atoms with E-state index in [4.69, 9.17) is 5.73 Å². The van der Waals surface area contributed by atoms with Crippen molar-refractivity contribution in [1.29, 1.82) is 0 Å². The van der Waals surface area contributed by atoms with Gasteiger partial charge in [0, 0.05) is 35.4 Å². The van der Waals surface area contributed by atoms with Gasteiger partial charge in [0.1, 0.15) is 0 Å². The molecule has 122 valence electrons. The minimum absolute atomic E-state index is 0.769. The number of nitrogens with one attached hydrogen (secondary N) is 2. The molecule has 2 aromatic rings. The number of hydrogen-bond donors (Lipinski definition) is 3. The molecular weight excluding hydrogens is 301 g/mol. The first kappa shape index (κ1) is 17.4. The van der Waals surface area contributed by atoms with Crippen molar-refractivity contribution in [3.05, 3.63) is 53.1 Å². The second kappa shape index (κ2) is 7.52. The van der Waals surface area contributed by atoms with Gasteiger partial charge in [-0.25, -0.2) is 0 Å². The molecule has 0 saturated carbocycles. The first-order valence-corrected chi connectivity index (χ1v) is 8.45. The van der Waals surface area contributed by atoms with Crippen LogP contribution in [0.5, 0.6) is 0 Å². The van der Waals surface area contributed by atoms with Crippen molar-refractivity contribution in [3.8, 4) is 0 Å². The smallest absolute Gasteiger partial charge is 0.0486 e. The van der Waals surface area contributed by atoms with E-state index < -0.39 is 0 Å². The van der Waals surface area contributed by atoms with Gasteiger partial charge in [-0.2, -0.15) is 0 Å². The highest BCUT2D eigenvalue weighted by atomic mass is 31.0. The van der Waals surface area contributed by atoms with Crippen molar-refractivity contribution in [2.45, 2.75) is 27.2 Å². The Morgan fingerprint density at radius 2 is 1.96 bits per heavy atom. The van der Waals surface area contributed by atoms with Gasteiger partial charge >= 0.3 is 0 Å². The van der Waals surface area contributed by atoms with Crippen molar-refractivity contribution >= 4 is 37.3 Å². The predicted molar refractivity (Wildman–Crippen MR) is 107 cm³/mol. The number of nitrogen functional groups attached to an aromatic ring is 1. The number of rotatable bonds is 5. The molecule has 0 heterocycles. The fraction of sp³-hybridized carbons (Fsp3) is 0.263. The molecule has 0 radical (unpaired) electrons. The summed E-state index contributed by atoms with van der Waals surface area (Å²) < 4.78 is 0. The van der Waals surface area contributed by atoms with E-state index in [9.17, 15) is 0 Å². The average molecular weight is 327 g/mol.